The normalized spacial score (nSPS) is 5.00. The van der Waals surface area contributed by atoms with E-state index in [0.717, 1.165) is 5.25 Å². The van der Waals surface area contributed by atoms with E-state index >= 15 is 0 Å². The Balaban J connectivity index is 0. The van der Waals surface area contributed by atoms with E-state index in [1.54, 1.807) is 0 Å². The van der Waals surface area contributed by atoms with E-state index < -0.39 is 0 Å². The minimum atomic E-state index is -0.236. The smallest absolute Gasteiger partial charge is 0.412 e. The Hall–Kier alpha value is 0.303. The zero-order valence-electron chi connectivity index (χ0n) is 3.21. The topological polar surface area (TPSA) is 55.4 Å². The van der Waals surface area contributed by atoms with Crippen LogP contribution >= 0.6 is 0 Å². The van der Waals surface area contributed by atoms with E-state index in [2.05, 4.69) is 0 Å². The van der Waals surface area contributed by atoms with Crippen molar-refractivity contribution in [2.75, 3.05) is 0 Å². The van der Waals surface area contributed by atoms with Gasteiger partial charge in [0.25, 0.3) is 0 Å². The Morgan fingerprint density at radius 1 is 1.80 bits per heavy atom. The molecule has 31 valence electrons. The van der Waals surface area contributed by atoms with Crippen LogP contribution in [0.2, 0.25) is 5.25 Å². The van der Waals surface area contributed by atoms with Crippen LogP contribution < -0.4 is 0 Å². The second-order valence-corrected chi connectivity index (χ2v) is 2.76. The average Bonchev–Trinajstić information content (AvgIpc) is 1.37. The third-order valence-electron chi connectivity index (χ3n) is 0.177. The predicted molar refractivity (Wildman–Crippen MR) is 22.6 cm³/mol. The molecule has 0 amide bonds. The maximum absolute atomic E-state index is 6.58. The van der Waals surface area contributed by atoms with Crippen LogP contribution in [0, 0.1) is 4.32 Å². The van der Waals surface area contributed by atoms with Crippen molar-refractivity contribution in [1.29, 1.82) is 4.32 Å². The third-order valence-corrected chi connectivity index (χ3v) is 0.919. The number of rotatable bonds is 1. The minimum Gasteiger partial charge on any atom is -0.412 e. The SMILES string of the molecule is C[CH2][Ge]=[NH].O. The van der Waals surface area contributed by atoms with Gasteiger partial charge in [0.2, 0.25) is 0 Å². The largest absolute Gasteiger partial charge is 0.412 e. The fraction of sp³-hybridized carbons (Fsp3) is 1.00. The first-order valence-corrected chi connectivity index (χ1v) is 3.84. The summed E-state index contributed by atoms with van der Waals surface area (Å²) in [5.41, 5.74) is 0. The summed E-state index contributed by atoms with van der Waals surface area (Å²) in [5.74, 6) is 0. The molecule has 0 saturated carbocycles. The summed E-state index contributed by atoms with van der Waals surface area (Å²) in [6, 6.07) is 0. The van der Waals surface area contributed by atoms with Crippen LogP contribution in [0.25, 0.3) is 0 Å². The van der Waals surface area contributed by atoms with Gasteiger partial charge in [-0.05, 0) is 0 Å². The molecule has 3 N–H and O–H groups in total. The Labute approximate surface area is 38.0 Å². The van der Waals surface area contributed by atoms with Crippen LogP contribution in [0.3, 0.4) is 0 Å². The van der Waals surface area contributed by atoms with Crippen molar-refractivity contribution >= 4 is 15.2 Å². The predicted octanol–water partition coefficient (Wildman–Crippen LogP) is 0.0665. The molecule has 0 aliphatic rings. The van der Waals surface area contributed by atoms with Crippen LogP contribution in [0.15, 0.2) is 0 Å². The van der Waals surface area contributed by atoms with Gasteiger partial charge in [-0.1, -0.05) is 0 Å². The van der Waals surface area contributed by atoms with Gasteiger partial charge in [-0.25, -0.2) is 0 Å². The van der Waals surface area contributed by atoms with E-state index in [1.807, 2.05) is 6.92 Å². The maximum atomic E-state index is 6.58. The number of hydrogen-bond donors (Lipinski definition) is 1. The van der Waals surface area contributed by atoms with Crippen molar-refractivity contribution in [2.24, 2.45) is 0 Å². The molecule has 5 heavy (non-hydrogen) atoms. The van der Waals surface area contributed by atoms with Crippen LogP contribution in [-0.2, 0) is 0 Å². The molecule has 0 aromatic carbocycles. The summed E-state index contributed by atoms with van der Waals surface area (Å²) in [6.07, 6.45) is 0. The van der Waals surface area contributed by atoms with Crippen molar-refractivity contribution in [3.63, 3.8) is 0 Å². The number of hydrogen-bond acceptors (Lipinski definition) is 1. The first-order valence-electron chi connectivity index (χ1n) is 1.31. The van der Waals surface area contributed by atoms with Gasteiger partial charge >= 0.3 is 31.7 Å². The molecule has 0 aliphatic carbocycles. The van der Waals surface area contributed by atoms with Gasteiger partial charge in [-0.2, -0.15) is 0 Å². The second-order valence-electron chi connectivity index (χ2n) is 0.530. The Kier molecular flexibility index (Phi) is 15.9. The van der Waals surface area contributed by atoms with Crippen LogP contribution in [0.5, 0.6) is 0 Å². The van der Waals surface area contributed by atoms with Gasteiger partial charge < -0.3 is 5.48 Å². The summed E-state index contributed by atoms with van der Waals surface area (Å²) >= 11 is -0.236. The molecular formula is C2H8GeNO. The second kappa shape index (κ2) is 8.85. The van der Waals surface area contributed by atoms with Crippen molar-refractivity contribution in [3.05, 3.63) is 0 Å². The van der Waals surface area contributed by atoms with E-state index in [-0.39, 0.29) is 20.7 Å². The fourth-order valence-electron chi connectivity index (χ4n) is 0. The molecule has 3 heteroatoms. The van der Waals surface area contributed by atoms with Crippen LogP contribution in [0.1, 0.15) is 6.92 Å². The van der Waals surface area contributed by atoms with Gasteiger partial charge in [0.15, 0.2) is 0 Å². The van der Waals surface area contributed by atoms with Gasteiger partial charge in [0.1, 0.15) is 0 Å². The molecule has 0 spiro atoms. The molecule has 0 heterocycles. The molecule has 0 aromatic heterocycles. The minimum absolute atomic E-state index is 0. The molecule has 0 saturated heterocycles. The fourth-order valence-corrected chi connectivity index (χ4v) is 0. The van der Waals surface area contributed by atoms with Crippen molar-refractivity contribution in [3.8, 4) is 0 Å². The van der Waals surface area contributed by atoms with Gasteiger partial charge in [-0.3, -0.25) is 0 Å². The van der Waals surface area contributed by atoms with Crippen LogP contribution in [0.4, 0.5) is 0 Å². The summed E-state index contributed by atoms with van der Waals surface area (Å²) in [5, 5.41) is 1.11. The Morgan fingerprint density at radius 2 is 2.00 bits per heavy atom. The molecule has 1 radical (unpaired) electrons. The maximum Gasteiger partial charge on any atom is -0.412 e. The summed E-state index contributed by atoms with van der Waals surface area (Å²) in [6.45, 7) is 2.05. The van der Waals surface area contributed by atoms with Crippen LogP contribution in [-0.4, -0.2) is 20.7 Å². The third kappa shape index (κ3) is 13.4. The van der Waals surface area contributed by atoms with E-state index in [4.69, 9.17) is 4.32 Å². The van der Waals surface area contributed by atoms with Crippen molar-refractivity contribution in [1.82, 2.24) is 0 Å². The quantitative estimate of drug-likeness (QED) is 0.494. The Morgan fingerprint density at radius 3 is 2.00 bits per heavy atom. The first-order chi connectivity index (χ1) is 1.91. The van der Waals surface area contributed by atoms with E-state index in [1.165, 1.54) is 0 Å². The first kappa shape index (κ1) is 9.00. The molecule has 0 bridgehead atoms. The molecule has 2 nitrogen and oxygen atoms in total. The van der Waals surface area contributed by atoms with E-state index in [9.17, 15) is 0 Å². The average molecular weight is 135 g/mol. The summed E-state index contributed by atoms with van der Waals surface area (Å²) in [7, 11) is 0. The van der Waals surface area contributed by atoms with Crippen molar-refractivity contribution < 1.29 is 5.48 Å². The summed E-state index contributed by atoms with van der Waals surface area (Å²) < 4.78 is 6.58. The number of nitrogens with one attached hydrogen (secondary N) is 1. The van der Waals surface area contributed by atoms with Gasteiger partial charge in [0.05, 0.1) is 0 Å². The van der Waals surface area contributed by atoms with Gasteiger partial charge in [-0.15, -0.1) is 0 Å². The van der Waals surface area contributed by atoms with E-state index in [0.29, 0.717) is 0 Å². The molecule has 0 rings (SSSR count). The molecule has 0 fully saturated rings. The summed E-state index contributed by atoms with van der Waals surface area (Å²) in [4.78, 5) is 0. The zero-order chi connectivity index (χ0) is 3.41. The zero-order valence-corrected chi connectivity index (χ0v) is 5.31. The monoisotopic (exact) mass is 136 g/mol. The molecule has 0 unspecified atom stereocenters. The Bertz CT molecular complexity index is 23.6. The molecular weight excluding hydrogens is 127 g/mol. The van der Waals surface area contributed by atoms with Crippen molar-refractivity contribution in [2.45, 2.75) is 12.2 Å². The van der Waals surface area contributed by atoms with Gasteiger partial charge in [0, 0.05) is 0 Å². The molecule has 0 aromatic rings. The molecule has 0 aliphatic heterocycles. The molecule has 0 atom stereocenters. The standard InChI is InChI=1S/C2H6GeN.H2O/c1-2-3-4;/h4H,2H2,1H3;1H2.